The minimum atomic E-state index is -2.94. The predicted octanol–water partition coefficient (Wildman–Crippen LogP) is 2.17. The summed E-state index contributed by atoms with van der Waals surface area (Å²) in [7, 11) is -2.94. The van der Waals surface area contributed by atoms with Crippen LogP contribution in [0.25, 0.3) is 0 Å². The molecule has 0 aromatic rings. The Kier molecular flexibility index (Phi) is 5.73. The average molecular weight is 430 g/mol. The summed E-state index contributed by atoms with van der Waals surface area (Å²) < 4.78 is 28.0. The third-order valence-electron chi connectivity index (χ3n) is 7.37. The zero-order valence-corrected chi connectivity index (χ0v) is 18.2. The number of carbonyl (C=O) groups excluding carboxylic acids is 2. The van der Waals surface area contributed by atoms with E-state index in [1.165, 1.54) is 50.3 Å². The lowest BCUT2D eigenvalue weighted by atomic mass is 9.48. The zero-order valence-electron chi connectivity index (χ0n) is 16.5. The molecule has 0 aromatic heterocycles. The smallest absolute Gasteiger partial charge is 0.316 e. The van der Waals surface area contributed by atoms with Crippen LogP contribution in [0.15, 0.2) is 0 Å². The van der Waals surface area contributed by atoms with Crippen LogP contribution in [0.3, 0.4) is 0 Å². The van der Waals surface area contributed by atoms with E-state index in [4.69, 9.17) is 4.74 Å². The Balaban J connectivity index is 1.19. The first-order chi connectivity index (χ1) is 13.2. The van der Waals surface area contributed by atoms with Gasteiger partial charge in [0.25, 0.3) is 5.91 Å². The van der Waals surface area contributed by atoms with E-state index >= 15 is 0 Å². The van der Waals surface area contributed by atoms with Crippen LogP contribution in [0.1, 0.15) is 51.9 Å². The molecule has 158 valence electrons. The third kappa shape index (κ3) is 4.53. The van der Waals surface area contributed by atoms with E-state index in [0.717, 1.165) is 17.8 Å². The second-order valence-electron chi connectivity index (χ2n) is 9.57. The summed E-state index contributed by atoms with van der Waals surface area (Å²) in [5.41, 5.74) is 0.234. The van der Waals surface area contributed by atoms with Crippen LogP contribution in [0.4, 0.5) is 0 Å². The van der Waals surface area contributed by atoms with Gasteiger partial charge in [-0.2, -0.15) is 0 Å². The molecule has 1 N–H and O–H groups in total. The van der Waals surface area contributed by atoms with E-state index in [-0.39, 0.29) is 46.5 Å². The van der Waals surface area contributed by atoms with Crippen molar-refractivity contribution >= 4 is 33.5 Å². The van der Waals surface area contributed by atoms with Crippen molar-refractivity contribution in [1.82, 2.24) is 5.32 Å². The molecule has 4 saturated carbocycles. The molecule has 5 fully saturated rings. The van der Waals surface area contributed by atoms with E-state index in [0.29, 0.717) is 6.42 Å². The molecule has 1 saturated heterocycles. The van der Waals surface area contributed by atoms with Gasteiger partial charge in [-0.1, -0.05) is 0 Å². The topological polar surface area (TPSA) is 89.5 Å². The van der Waals surface area contributed by atoms with Gasteiger partial charge in [-0.25, -0.2) is 8.42 Å². The fourth-order valence-electron chi connectivity index (χ4n) is 6.41. The highest BCUT2D eigenvalue weighted by Gasteiger charge is 2.53. The van der Waals surface area contributed by atoms with Crippen molar-refractivity contribution in [3.05, 3.63) is 0 Å². The summed E-state index contributed by atoms with van der Waals surface area (Å²) in [6.07, 6.45) is 8.37. The maximum atomic E-state index is 12.3. The van der Waals surface area contributed by atoms with E-state index in [9.17, 15) is 18.0 Å². The van der Waals surface area contributed by atoms with Crippen molar-refractivity contribution in [3.8, 4) is 0 Å². The molecule has 0 aromatic carbocycles. The van der Waals surface area contributed by atoms with Crippen molar-refractivity contribution in [3.63, 3.8) is 0 Å². The number of ether oxygens (including phenoxy) is 1. The molecule has 2 atom stereocenters. The number of hydrogen-bond acceptors (Lipinski definition) is 6. The molecular weight excluding hydrogens is 398 g/mol. The molecule has 5 rings (SSSR count). The predicted molar refractivity (Wildman–Crippen MR) is 109 cm³/mol. The molecule has 0 radical (unpaired) electrons. The Hall–Kier alpha value is -0.760. The summed E-state index contributed by atoms with van der Waals surface area (Å²) in [5, 5.41) is 3.06. The van der Waals surface area contributed by atoms with Gasteiger partial charge in [-0.3, -0.25) is 9.59 Å². The number of amides is 1. The number of rotatable bonds is 7. The second kappa shape index (κ2) is 7.82. The Bertz CT molecular complexity index is 700. The number of carbonyl (C=O) groups is 2. The Morgan fingerprint density at radius 3 is 2.29 bits per heavy atom. The summed E-state index contributed by atoms with van der Waals surface area (Å²) in [6, 6.07) is 0.116. The van der Waals surface area contributed by atoms with E-state index < -0.39 is 15.8 Å². The van der Waals surface area contributed by atoms with Crippen LogP contribution in [0.2, 0.25) is 0 Å². The van der Waals surface area contributed by atoms with Crippen LogP contribution in [-0.4, -0.2) is 55.5 Å². The maximum Gasteiger partial charge on any atom is 0.316 e. The van der Waals surface area contributed by atoms with Crippen LogP contribution in [-0.2, 0) is 24.2 Å². The third-order valence-corrected chi connectivity index (χ3v) is 10.6. The second-order valence-corrected chi connectivity index (χ2v) is 13.1. The summed E-state index contributed by atoms with van der Waals surface area (Å²) in [4.78, 5) is 24.2. The number of nitrogens with one attached hydrogen (secondary N) is 1. The largest absolute Gasteiger partial charge is 0.455 e. The number of esters is 1. The highest BCUT2D eigenvalue weighted by atomic mass is 32.2. The van der Waals surface area contributed by atoms with Crippen molar-refractivity contribution < 1.29 is 22.7 Å². The molecule has 0 spiro atoms. The van der Waals surface area contributed by atoms with Gasteiger partial charge >= 0.3 is 5.97 Å². The van der Waals surface area contributed by atoms with Crippen molar-refractivity contribution in [2.24, 2.45) is 23.2 Å². The van der Waals surface area contributed by atoms with Crippen molar-refractivity contribution in [1.29, 1.82) is 0 Å². The molecule has 1 aliphatic heterocycles. The molecule has 5 aliphatic rings. The number of thioether (sulfide) groups is 1. The first kappa shape index (κ1) is 20.5. The molecule has 1 heterocycles. The van der Waals surface area contributed by atoms with Crippen molar-refractivity contribution in [2.45, 2.75) is 63.2 Å². The standard InChI is InChI=1S/C20H31NO5S2/c1-13(20-7-14-4-15(8-20)6-16(5-14)9-20)21-18(22)10-26-19(23)11-27-17-2-3-28(24,25)12-17/h13-17H,2-12H2,1H3,(H,21,22)/t13-,14?,15?,16?,17-,20?/m1/s1. The monoisotopic (exact) mass is 429 g/mol. The molecule has 4 bridgehead atoms. The number of sulfone groups is 1. The lowest BCUT2D eigenvalue weighted by Gasteiger charge is -2.59. The van der Waals surface area contributed by atoms with Gasteiger partial charge in [0, 0.05) is 11.3 Å². The minimum absolute atomic E-state index is 0.0394. The normalized spacial score (nSPS) is 38.9. The highest BCUT2D eigenvalue weighted by molar-refractivity contribution is 8.02. The first-order valence-corrected chi connectivity index (χ1v) is 13.4. The average Bonchev–Trinajstić information content (AvgIpc) is 2.96. The van der Waals surface area contributed by atoms with Gasteiger partial charge in [0.1, 0.15) is 0 Å². The van der Waals surface area contributed by atoms with E-state index in [2.05, 4.69) is 12.2 Å². The molecule has 8 heteroatoms. The lowest BCUT2D eigenvalue weighted by Crippen LogP contribution is -2.56. The molecule has 1 amide bonds. The Labute approximate surface area is 171 Å². The van der Waals surface area contributed by atoms with Crippen LogP contribution < -0.4 is 5.32 Å². The molecule has 6 nitrogen and oxygen atoms in total. The summed E-state index contributed by atoms with van der Waals surface area (Å²) in [5.74, 6) is 2.24. The van der Waals surface area contributed by atoms with Crippen molar-refractivity contribution in [2.75, 3.05) is 23.9 Å². The highest BCUT2D eigenvalue weighted by Crippen LogP contribution is 2.61. The van der Waals surface area contributed by atoms with Crippen LogP contribution in [0.5, 0.6) is 0 Å². The van der Waals surface area contributed by atoms with Crippen LogP contribution in [0, 0.1) is 23.2 Å². The molecule has 28 heavy (non-hydrogen) atoms. The molecule has 0 unspecified atom stereocenters. The van der Waals surface area contributed by atoms with Gasteiger partial charge in [0.15, 0.2) is 16.4 Å². The van der Waals surface area contributed by atoms with Crippen LogP contribution >= 0.6 is 11.8 Å². The molecular formula is C20H31NO5S2. The number of hydrogen-bond donors (Lipinski definition) is 1. The van der Waals surface area contributed by atoms with Gasteiger partial charge < -0.3 is 10.1 Å². The quantitative estimate of drug-likeness (QED) is 0.624. The Morgan fingerprint density at radius 2 is 1.75 bits per heavy atom. The fourth-order valence-corrected chi connectivity index (χ4v) is 9.85. The van der Waals surface area contributed by atoms with E-state index in [1.54, 1.807) is 0 Å². The SMILES string of the molecule is C[C@@H](NC(=O)COC(=O)CS[C@@H]1CCS(=O)(=O)C1)C12CC3CC(CC(C3)C1)C2. The minimum Gasteiger partial charge on any atom is -0.455 e. The van der Waals surface area contributed by atoms with E-state index in [1.807, 2.05) is 0 Å². The van der Waals surface area contributed by atoms with Gasteiger partial charge in [0.2, 0.25) is 0 Å². The molecule has 4 aliphatic carbocycles. The Morgan fingerprint density at radius 1 is 1.14 bits per heavy atom. The zero-order chi connectivity index (χ0) is 19.9. The maximum absolute atomic E-state index is 12.3. The first-order valence-electron chi connectivity index (χ1n) is 10.5. The van der Waals surface area contributed by atoms with Gasteiger partial charge in [-0.15, -0.1) is 11.8 Å². The van der Waals surface area contributed by atoms with Gasteiger partial charge in [-0.05, 0) is 75.0 Å². The fraction of sp³-hybridized carbons (Fsp3) is 0.900. The van der Waals surface area contributed by atoms with Gasteiger partial charge in [0.05, 0.1) is 17.3 Å². The summed E-state index contributed by atoms with van der Waals surface area (Å²) in [6.45, 7) is 1.86. The lowest BCUT2D eigenvalue weighted by molar-refractivity contribution is -0.147. The summed E-state index contributed by atoms with van der Waals surface area (Å²) >= 11 is 1.31.